The molecule has 3 rings (SSSR count). The van der Waals surface area contributed by atoms with Gasteiger partial charge in [0, 0.05) is 25.2 Å². The average Bonchev–Trinajstić information content (AvgIpc) is 2.39. The van der Waals surface area contributed by atoms with Crippen LogP contribution in [0, 0.1) is 23.5 Å². The molecule has 2 nitrogen and oxygen atoms in total. The van der Waals surface area contributed by atoms with Gasteiger partial charge in [-0.15, -0.1) is 0 Å². The van der Waals surface area contributed by atoms with Crippen LogP contribution in [0.4, 0.5) is 14.5 Å². The molecule has 1 aliphatic carbocycles. The summed E-state index contributed by atoms with van der Waals surface area (Å²) in [7, 11) is 0. The third-order valence-corrected chi connectivity index (χ3v) is 4.83. The molecule has 1 saturated carbocycles. The zero-order valence-electron chi connectivity index (χ0n) is 12.6. The number of nitrogens with zero attached hydrogens (tertiary/aromatic N) is 1. The summed E-state index contributed by atoms with van der Waals surface area (Å²) in [6.07, 6.45) is 5.13. The molecule has 1 heterocycles. The maximum atomic E-state index is 14.0. The smallest absolute Gasteiger partial charge is 0.146 e. The van der Waals surface area contributed by atoms with Gasteiger partial charge in [0.15, 0.2) is 0 Å². The van der Waals surface area contributed by atoms with Crippen molar-refractivity contribution in [2.45, 2.75) is 38.6 Å². The Labute approximate surface area is 125 Å². The fraction of sp³-hybridized carbons (Fsp3) is 0.647. The van der Waals surface area contributed by atoms with Crippen LogP contribution in [0.1, 0.15) is 32.6 Å². The van der Waals surface area contributed by atoms with Crippen LogP contribution in [-0.2, 0) is 0 Å². The first-order valence-corrected chi connectivity index (χ1v) is 8.05. The van der Waals surface area contributed by atoms with Crippen molar-refractivity contribution in [2.75, 3.05) is 24.5 Å². The topological polar surface area (TPSA) is 15.3 Å². The summed E-state index contributed by atoms with van der Waals surface area (Å²) in [5.74, 6) is 0.605. The fourth-order valence-corrected chi connectivity index (χ4v) is 3.45. The van der Waals surface area contributed by atoms with E-state index >= 15 is 0 Å². The molecule has 21 heavy (non-hydrogen) atoms. The molecule has 0 aromatic heterocycles. The van der Waals surface area contributed by atoms with E-state index in [2.05, 4.69) is 12.2 Å². The number of hydrogen-bond donors (Lipinski definition) is 1. The third-order valence-electron chi connectivity index (χ3n) is 4.83. The normalized spacial score (nSPS) is 26.7. The summed E-state index contributed by atoms with van der Waals surface area (Å²) in [6, 6.07) is 4.09. The van der Waals surface area contributed by atoms with Gasteiger partial charge in [-0.3, -0.25) is 0 Å². The van der Waals surface area contributed by atoms with Crippen molar-refractivity contribution in [1.82, 2.24) is 5.32 Å². The summed E-state index contributed by atoms with van der Waals surface area (Å²) in [5.41, 5.74) is 0.400. The molecule has 0 amide bonds. The Morgan fingerprint density at radius 2 is 2.05 bits per heavy atom. The molecule has 1 aromatic rings. The Hall–Kier alpha value is -1.16. The summed E-state index contributed by atoms with van der Waals surface area (Å²) < 4.78 is 27.4. The lowest BCUT2D eigenvalue weighted by Gasteiger charge is -2.39. The molecule has 2 fully saturated rings. The van der Waals surface area contributed by atoms with Gasteiger partial charge in [-0.25, -0.2) is 8.78 Å². The van der Waals surface area contributed by atoms with Crippen molar-refractivity contribution < 1.29 is 8.78 Å². The highest BCUT2D eigenvalue weighted by Crippen LogP contribution is 2.28. The van der Waals surface area contributed by atoms with Crippen LogP contribution >= 0.6 is 0 Å². The van der Waals surface area contributed by atoms with E-state index in [1.54, 1.807) is 0 Å². The van der Waals surface area contributed by atoms with Crippen LogP contribution in [0.15, 0.2) is 18.2 Å². The maximum Gasteiger partial charge on any atom is 0.146 e. The van der Waals surface area contributed by atoms with Crippen LogP contribution in [-0.4, -0.2) is 25.7 Å². The van der Waals surface area contributed by atoms with Gasteiger partial charge in [0.2, 0.25) is 0 Å². The van der Waals surface area contributed by atoms with Crippen molar-refractivity contribution in [1.29, 1.82) is 0 Å². The molecule has 1 N–H and O–H groups in total. The lowest BCUT2D eigenvalue weighted by Crippen LogP contribution is -2.50. The van der Waals surface area contributed by atoms with E-state index in [1.165, 1.54) is 37.5 Å². The van der Waals surface area contributed by atoms with Crippen LogP contribution in [0.2, 0.25) is 0 Å². The minimum atomic E-state index is -0.372. The Morgan fingerprint density at radius 3 is 2.76 bits per heavy atom. The first kappa shape index (κ1) is 14.8. The van der Waals surface area contributed by atoms with Gasteiger partial charge in [0.1, 0.15) is 11.6 Å². The summed E-state index contributed by atoms with van der Waals surface area (Å²) in [5, 5.41) is 3.63. The Morgan fingerprint density at radius 1 is 1.24 bits per heavy atom. The van der Waals surface area contributed by atoms with Gasteiger partial charge < -0.3 is 10.2 Å². The molecular weight excluding hydrogens is 270 g/mol. The summed E-state index contributed by atoms with van der Waals surface area (Å²) >= 11 is 0. The Kier molecular flexibility index (Phi) is 4.43. The van der Waals surface area contributed by atoms with Crippen LogP contribution in [0.5, 0.6) is 0 Å². The number of nitrogens with one attached hydrogen (secondary N) is 1. The van der Waals surface area contributed by atoms with Gasteiger partial charge in [-0.1, -0.05) is 13.3 Å². The second-order valence-electron chi connectivity index (χ2n) is 6.74. The number of piperidine rings is 1. The molecule has 0 spiro atoms. The van der Waals surface area contributed by atoms with Crippen molar-refractivity contribution in [2.24, 2.45) is 11.8 Å². The number of halogens is 2. The molecule has 1 aromatic carbocycles. The van der Waals surface area contributed by atoms with E-state index in [0.29, 0.717) is 17.6 Å². The minimum Gasteiger partial charge on any atom is -0.367 e. The Bertz CT molecular complexity index is 488. The zero-order chi connectivity index (χ0) is 14.8. The van der Waals surface area contributed by atoms with E-state index in [-0.39, 0.29) is 11.6 Å². The highest BCUT2D eigenvalue weighted by Gasteiger charge is 2.27. The lowest BCUT2D eigenvalue weighted by molar-refractivity contribution is 0.267. The van der Waals surface area contributed by atoms with Crippen molar-refractivity contribution in [3.05, 3.63) is 29.8 Å². The molecule has 4 heteroatoms. The average molecular weight is 294 g/mol. The molecule has 1 aliphatic heterocycles. The largest absolute Gasteiger partial charge is 0.367 e. The first-order chi connectivity index (χ1) is 10.1. The monoisotopic (exact) mass is 294 g/mol. The summed E-state index contributed by atoms with van der Waals surface area (Å²) in [4.78, 5) is 1.99. The molecule has 116 valence electrons. The van der Waals surface area contributed by atoms with Gasteiger partial charge in [-0.05, 0) is 49.8 Å². The highest BCUT2D eigenvalue weighted by atomic mass is 19.1. The number of anilines is 1. The standard InChI is InChI=1S/C17H24F2N2/c1-12-7-15(20-9-13-3-2-4-13)11-21(10-12)17-8-14(18)5-6-16(17)19/h5-6,8,12-13,15,20H,2-4,7,9-11H2,1H3. The fourth-order valence-electron chi connectivity index (χ4n) is 3.45. The minimum absolute atomic E-state index is 0.330. The molecule has 2 atom stereocenters. The third kappa shape index (κ3) is 3.54. The summed E-state index contributed by atoms with van der Waals surface area (Å²) in [6.45, 7) is 4.80. The lowest BCUT2D eigenvalue weighted by atomic mass is 9.85. The SMILES string of the molecule is CC1CC(NCC2CCC2)CN(c2cc(F)ccc2F)C1. The van der Waals surface area contributed by atoms with Gasteiger partial charge in [0.25, 0.3) is 0 Å². The molecule has 1 saturated heterocycles. The van der Waals surface area contributed by atoms with Gasteiger partial charge in [-0.2, -0.15) is 0 Å². The quantitative estimate of drug-likeness (QED) is 0.913. The maximum absolute atomic E-state index is 14.0. The van der Waals surface area contributed by atoms with E-state index in [0.717, 1.165) is 32.0 Å². The second-order valence-corrected chi connectivity index (χ2v) is 6.74. The highest BCUT2D eigenvalue weighted by molar-refractivity contribution is 5.48. The van der Waals surface area contributed by atoms with E-state index < -0.39 is 0 Å². The number of benzene rings is 1. The van der Waals surface area contributed by atoms with Crippen molar-refractivity contribution in [3.8, 4) is 0 Å². The van der Waals surface area contributed by atoms with Crippen LogP contribution in [0.25, 0.3) is 0 Å². The van der Waals surface area contributed by atoms with Crippen molar-refractivity contribution in [3.63, 3.8) is 0 Å². The first-order valence-electron chi connectivity index (χ1n) is 8.05. The molecule has 2 aliphatic rings. The number of rotatable bonds is 4. The second kappa shape index (κ2) is 6.30. The molecular formula is C17H24F2N2. The van der Waals surface area contributed by atoms with Crippen LogP contribution in [0.3, 0.4) is 0 Å². The van der Waals surface area contributed by atoms with E-state index in [9.17, 15) is 8.78 Å². The van der Waals surface area contributed by atoms with E-state index in [4.69, 9.17) is 0 Å². The van der Waals surface area contributed by atoms with Gasteiger partial charge >= 0.3 is 0 Å². The van der Waals surface area contributed by atoms with Crippen LogP contribution < -0.4 is 10.2 Å². The molecule has 0 bridgehead atoms. The van der Waals surface area contributed by atoms with E-state index in [1.807, 2.05) is 4.90 Å². The predicted octanol–water partition coefficient (Wildman–Crippen LogP) is 3.57. The van der Waals surface area contributed by atoms with Crippen molar-refractivity contribution >= 4 is 5.69 Å². The predicted molar refractivity (Wildman–Crippen MR) is 81.5 cm³/mol. The zero-order valence-corrected chi connectivity index (χ0v) is 12.6. The molecule has 2 unspecified atom stereocenters. The molecule has 0 radical (unpaired) electrons. The van der Waals surface area contributed by atoms with Gasteiger partial charge in [0.05, 0.1) is 5.69 Å². The number of hydrogen-bond acceptors (Lipinski definition) is 2. The Balaban J connectivity index is 1.65.